The van der Waals surface area contributed by atoms with Gasteiger partial charge in [-0.05, 0) is 102 Å². The van der Waals surface area contributed by atoms with Gasteiger partial charge in [-0.2, -0.15) is 0 Å². The van der Waals surface area contributed by atoms with E-state index in [2.05, 4.69) is 156 Å². The minimum atomic E-state index is 0.249. The van der Waals surface area contributed by atoms with Crippen molar-refractivity contribution >= 4 is 21.8 Å². The average Bonchev–Trinajstić information content (AvgIpc) is 3.80. The van der Waals surface area contributed by atoms with Crippen LogP contribution in [0.25, 0.3) is 61.4 Å². The first-order chi connectivity index (χ1) is 23.7. The lowest BCUT2D eigenvalue weighted by atomic mass is 9.82. The zero-order valence-electron chi connectivity index (χ0n) is 26.6. The molecule has 2 aliphatic carbocycles. The van der Waals surface area contributed by atoms with Gasteiger partial charge in [0.15, 0.2) is 0 Å². The molecule has 48 heavy (non-hydrogen) atoms. The first-order valence-corrected chi connectivity index (χ1v) is 16.9. The van der Waals surface area contributed by atoms with E-state index >= 15 is 0 Å². The lowest BCUT2D eigenvalue weighted by Gasteiger charge is -2.21. The minimum absolute atomic E-state index is 0.249. The maximum Gasteiger partial charge on any atom is 0.138 e. The lowest BCUT2D eigenvalue weighted by Crippen LogP contribution is -2.21. The molecule has 3 heterocycles. The van der Waals surface area contributed by atoms with Crippen LogP contribution in [0, 0.1) is 5.41 Å². The molecule has 0 saturated heterocycles. The second kappa shape index (κ2) is 10.6. The average molecular weight is 616 g/mol. The van der Waals surface area contributed by atoms with Crippen molar-refractivity contribution in [2.24, 2.45) is 5.41 Å². The molecule has 0 N–H and O–H groups in total. The summed E-state index contributed by atoms with van der Waals surface area (Å²) < 4.78 is 2.31. The summed E-state index contributed by atoms with van der Waals surface area (Å²) >= 11 is 0. The maximum absolute atomic E-state index is 5.43. The Morgan fingerprint density at radius 1 is 0.417 bits per heavy atom. The Bertz CT molecular complexity index is 2440. The summed E-state index contributed by atoms with van der Waals surface area (Å²) in [6, 6.07) is 54.5. The van der Waals surface area contributed by atoms with Crippen LogP contribution < -0.4 is 0 Å². The highest BCUT2D eigenvalue weighted by Gasteiger charge is 2.42. The second-order valence-corrected chi connectivity index (χ2v) is 13.7. The molecular formula is C45H33N3. The zero-order valence-corrected chi connectivity index (χ0v) is 26.6. The van der Waals surface area contributed by atoms with Crippen LogP contribution in [0.1, 0.15) is 22.3 Å². The van der Waals surface area contributed by atoms with E-state index in [1.165, 1.54) is 33.0 Å². The smallest absolute Gasteiger partial charge is 0.138 e. The van der Waals surface area contributed by atoms with E-state index in [0.717, 1.165) is 76.3 Å². The summed E-state index contributed by atoms with van der Waals surface area (Å²) in [4.78, 5) is 10.7. The summed E-state index contributed by atoms with van der Waals surface area (Å²) in [6.45, 7) is 0. The van der Waals surface area contributed by atoms with Gasteiger partial charge in [0.05, 0.1) is 28.1 Å². The van der Waals surface area contributed by atoms with Crippen molar-refractivity contribution < 1.29 is 0 Å². The molecule has 0 saturated carbocycles. The summed E-state index contributed by atoms with van der Waals surface area (Å²) in [6.07, 6.45) is 4.48. The third-order valence-electron chi connectivity index (χ3n) is 10.6. The number of fused-ring (bicyclic) bond motifs is 5. The number of aromatic nitrogens is 3. The molecule has 0 radical (unpaired) electrons. The Morgan fingerprint density at radius 2 is 0.917 bits per heavy atom. The van der Waals surface area contributed by atoms with Crippen LogP contribution >= 0.6 is 0 Å². The quantitative estimate of drug-likeness (QED) is 0.197. The van der Waals surface area contributed by atoms with Gasteiger partial charge < -0.3 is 0 Å². The van der Waals surface area contributed by atoms with Crippen LogP contribution in [0.5, 0.6) is 0 Å². The Balaban J connectivity index is 1.15. The van der Waals surface area contributed by atoms with Crippen LogP contribution in [0.4, 0.5) is 0 Å². The highest BCUT2D eigenvalue weighted by Crippen LogP contribution is 2.49. The molecule has 3 aromatic heterocycles. The fourth-order valence-corrected chi connectivity index (χ4v) is 8.56. The zero-order chi connectivity index (χ0) is 31.7. The third-order valence-corrected chi connectivity index (χ3v) is 10.6. The van der Waals surface area contributed by atoms with E-state index in [1.54, 1.807) is 0 Å². The van der Waals surface area contributed by atoms with E-state index in [9.17, 15) is 0 Å². The van der Waals surface area contributed by atoms with E-state index in [-0.39, 0.29) is 5.41 Å². The van der Waals surface area contributed by atoms with Gasteiger partial charge in [0.1, 0.15) is 5.82 Å². The topological polar surface area (TPSA) is 30.7 Å². The highest BCUT2D eigenvalue weighted by atomic mass is 15.1. The van der Waals surface area contributed by atoms with Crippen LogP contribution in [0.2, 0.25) is 0 Å². The van der Waals surface area contributed by atoms with Crippen LogP contribution in [0.15, 0.2) is 152 Å². The van der Waals surface area contributed by atoms with Crippen molar-refractivity contribution in [2.45, 2.75) is 25.7 Å². The van der Waals surface area contributed by atoms with Crippen LogP contribution in [-0.2, 0) is 25.7 Å². The number of hydrogen-bond acceptors (Lipinski definition) is 2. The fraction of sp³-hybridized carbons (Fsp3) is 0.111. The minimum Gasteiger partial charge on any atom is -0.294 e. The number of pyridine rings is 2. The standard InChI is InChI=1S/C45H33N3/c1-2-12-30(13-3-1)39-18-10-19-40(46-39)37-24-33-28-45(26-31-14-4-5-15-32(31)27-45)29-34(33)25-38(37)41-20-11-23-44(47-41)48-42-21-8-6-16-35(42)36-17-7-9-22-43(36)48/h1-25H,26-29H2. The van der Waals surface area contributed by atoms with Crippen molar-refractivity contribution in [1.82, 2.24) is 14.5 Å². The summed E-state index contributed by atoms with van der Waals surface area (Å²) in [5.74, 6) is 0.921. The number of para-hydroxylation sites is 2. The number of nitrogens with zero attached hydrogens (tertiary/aromatic N) is 3. The molecule has 8 aromatic rings. The van der Waals surface area contributed by atoms with Crippen molar-refractivity contribution in [2.75, 3.05) is 0 Å². The van der Waals surface area contributed by atoms with E-state index < -0.39 is 0 Å². The molecule has 0 atom stereocenters. The molecule has 3 heteroatoms. The van der Waals surface area contributed by atoms with E-state index in [0.29, 0.717) is 0 Å². The van der Waals surface area contributed by atoms with E-state index in [1.807, 2.05) is 0 Å². The summed E-state index contributed by atoms with van der Waals surface area (Å²) in [7, 11) is 0. The predicted molar refractivity (Wildman–Crippen MR) is 196 cm³/mol. The van der Waals surface area contributed by atoms with Gasteiger partial charge in [-0.25, -0.2) is 9.97 Å². The number of benzene rings is 5. The van der Waals surface area contributed by atoms with Gasteiger partial charge in [0.2, 0.25) is 0 Å². The largest absolute Gasteiger partial charge is 0.294 e. The molecule has 228 valence electrons. The Hall–Kier alpha value is -5.80. The van der Waals surface area contributed by atoms with Crippen molar-refractivity contribution in [3.05, 3.63) is 174 Å². The van der Waals surface area contributed by atoms with Crippen molar-refractivity contribution in [1.29, 1.82) is 0 Å². The van der Waals surface area contributed by atoms with Crippen molar-refractivity contribution in [3.8, 4) is 39.6 Å². The van der Waals surface area contributed by atoms with Gasteiger partial charge >= 0.3 is 0 Å². The summed E-state index contributed by atoms with van der Waals surface area (Å²) in [5, 5.41) is 2.48. The molecular weight excluding hydrogens is 583 g/mol. The molecule has 0 aliphatic heterocycles. The first kappa shape index (κ1) is 27.3. The van der Waals surface area contributed by atoms with Gasteiger partial charge in [-0.3, -0.25) is 4.57 Å². The second-order valence-electron chi connectivity index (χ2n) is 13.7. The van der Waals surface area contributed by atoms with Gasteiger partial charge in [-0.1, -0.05) is 103 Å². The SMILES string of the molecule is c1ccc(-c2cccc(-c3cc4c(cc3-c3cccc(-n5c6ccccc6c6ccccc65)n3)CC3(Cc5ccccc5C3)C4)n2)cc1. The molecule has 0 amide bonds. The highest BCUT2D eigenvalue weighted by molar-refractivity contribution is 6.09. The lowest BCUT2D eigenvalue weighted by molar-refractivity contribution is 0.326. The fourth-order valence-electron chi connectivity index (χ4n) is 8.56. The molecule has 3 nitrogen and oxygen atoms in total. The van der Waals surface area contributed by atoms with Crippen molar-refractivity contribution in [3.63, 3.8) is 0 Å². The normalized spacial score (nSPS) is 14.5. The number of rotatable bonds is 4. The predicted octanol–water partition coefficient (Wildman–Crippen LogP) is 10.5. The third kappa shape index (κ3) is 4.35. The molecule has 2 aliphatic rings. The van der Waals surface area contributed by atoms with Gasteiger partial charge in [0.25, 0.3) is 0 Å². The number of hydrogen-bond donors (Lipinski definition) is 0. The van der Waals surface area contributed by atoms with Gasteiger partial charge in [-0.15, -0.1) is 0 Å². The molecule has 0 bridgehead atoms. The summed E-state index contributed by atoms with van der Waals surface area (Å²) in [5.41, 5.74) is 14.8. The Morgan fingerprint density at radius 3 is 1.56 bits per heavy atom. The molecule has 10 rings (SSSR count). The first-order valence-electron chi connectivity index (χ1n) is 16.9. The molecule has 0 unspecified atom stereocenters. The maximum atomic E-state index is 5.43. The van der Waals surface area contributed by atoms with Gasteiger partial charge in [0, 0.05) is 27.5 Å². The van der Waals surface area contributed by atoms with E-state index in [4.69, 9.17) is 9.97 Å². The molecule has 1 spiro atoms. The molecule has 5 aromatic carbocycles. The Kier molecular flexibility index (Phi) is 6.04. The van der Waals surface area contributed by atoms with Crippen LogP contribution in [0.3, 0.4) is 0 Å². The Labute approximate surface area is 280 Å². The monoisotopic (exact) mass is 615 g/mol. The van der Waals surface area contributed by atoms with Crippen LogP contribution in [-0.4, -0.2) is 14.5 Å². The molecule has 0 fully saturated rings.